The van der Waals surface area contributed by atoms with Gasteiger partial charge in [-0.05, 0) is 64.6 Å². The van der Waals surface area contributed by atoms with Crippen LogP contribution in [0.5, 0.6) is 0 Å². The van der Waals surface area contributed by atoms with Crippen LogP contribution in [0.2, 0.25) is 23.2 Å². The Morgan fingerprint density at radius 1 is 0.930 bits per heavy atom. The molecule has 1 heterocycles. The molecule has 0 amide bonds. The van der Waals surface area contributed by atoms with Gasteiger partial charge in [0.2, 0.25) is 0 Å². The second-order valence-corrected chi connectivity index (χ2v) is 23.3. The predicted molar refractivity (Wildman–Crippen MR) is 181 cm³/mol. The maximum absolute atomic E-state index is 12.1. The molecule has 2 aliphatic rings. The number of carboxylic acid groups (broad SMARTS) is 1. The fourth-order valence-corrected chi connectivity index (χ4v) is 15.2. The van der Waals surface area contributed by atoms with Crippen molar-refractivity contribution in [1.82, 2.24) is 0 Å². The van der Waals surface area contributed by atoms with Crippen molar-refractivity contribution in [3.63, 3.8) is 0 Å². The first-order valence-corrected chi connectivity index (χ1v) is 21.2. The molecule has 2 aromatic carbocycles. The van der Waals surface area contributed by atoms with Crippen LogP contribution >= 0.6 is 0 Å². The van der Waals surface area contributed by atoms with E-state index < -0.39 is 28.7 Å². The number of carbonyl (C=O) groups is 1. The van der Waals surface area contributed by atoms with E-state index in [4.69, 9.17) is 13.6 Å². The Bertz CT molecular complexity index is 1120. The average Bonchev–Trinajstić information content (AvgIpc) is 3.72. The summed E-state index contributed by atoms with van der Waals surface area (Å²) in [5.41, 5.74) is 0. The maximum atomic E-state index is 12.1. The monoisotopic (exact) mass is 624 g/mol. The minimum atomic E-state index is -2.82. The van der Waals surface area contributed by atoms with E-state index in [-0.39, 0.29) is 35.7 Å². The zero-order valence-electron chi connectivity index (χ0n) is 27.8. The van der Waals surface area contributed by atoms with Gasteiger partial charge in [0.05, 0.1) is 30.8 Å². The zero-order chi connectivity index (χ0) is 31.4. The molecule has 43 heavy (non-hydrogen) atoms. The molecule has 5 nitrogen and oxygen atoms in total. The molecule has 0 aromatic heterocycles. The first-order chi connectivity index (χ1) is 20.4. The minimum absolute atomic E-state index is 0.0127. The average molecular weight is 625 g/mol. The molecule has 1 aliphatic carbocycles. The van der Waals surface area contributed by atoms with E-state index in [0.29, 0.717) is 11.8 Å². The highest BCUT2D eigenvalue weighted by Gasteiger charge is 2.54. The third kappa shape index (κ3) is 7.55. The Morgan fingerprint density at radius 2 is 1.44 bits per heavy atom. The summed E-state index contributed by atoms with van der Waals surface area (Å²) in [5, 5.41) is 12.2. The van der Waals surface area contributed by atoms with Crippen molar-refractivity contribution in [2.45, 2.75) is 129 Å². The molecule has 7 atom stereocenters. The normalized spacial score (nSPS) is 27.1. The van der Waals surface area contributed by atoms with Crippen molar-refractivity contribution in [3.8, 4) is 0 Å². The lowest BCUT2D eigenvalue weighted by atomic mass is 9.87. The highest BCUT2D eigenvalue weighted by Crippen LogP contribution is 2.47. The Labute approximate surface area is 263 Å². The van der Waals surface area contributed by atoms with Crippen molar-refractivity contribution < 1.29 is 23.5 Å². The number of hydrogen-bond donors (Lipinski definition) is 1. The summed E-state index contributed by atoms with van der Waals surface area (Å²) in [6.07, 6.45) is 2.30. The molecule has 7 heteroatoms. The van der Waals surface area contributed by atoms with Crippen LogP contribution in [0.4, 0.5) is 0 Å². The van der Waals surface area contributed by atoms with Crippen LogP contribution in [0, 0.1) is 17.8 Å². The summed E-state index contributed by atoms with van der Waals surface area (Å²) in [5.74, 6) is 0.362. The van der Waals surface area contributed by atoms with Gasteiger partial charge in [-0.3, -0.25) is 4.79 Å². The number of benzene rings is 2. The van der Waals surface area contributed by atoms with Gasteiger partial charge in [0.15, 0.2) is 8.32 Å². The first-order valence-electron chi connectivity index (χ1n) is 16.7. The summed E-state index contributed by atoms with van der Waals surface area (Å²) in [4.78, 5) is 12.1. The van der Waals surface area contributed by atoms with E-state index in [1.807, 2.05) is 0 Å². The van der Waals surface area contributed by atoms with Gasteiger partial charge in [0.1, 0.15) is 0 Å². The Balaban J connectivity index is 1.72. The van der Waals surface area contributed by atoms with Crippen molar-refractivity contribution in [2.75, 3.05) is 0 Å². The van der Waals surface area contributed by atoms with Gasteiger partial charge in [-0.25, -0.2) is 0 Å². The van der Waals surface area contributed by atoms with Gasteiger partial charge in [0, 0.05) is 5.92 Å². The quantitative estimate of drug-likeness (QED) is 0.219. The van der Waals surface area contributed by atoms with E-state index in [1.54, 1.807) is 0 Å². The van der Waals surface area contributed by atoms with E-state index in [0.717, 1.165) is 31.0 Å². The molecule has 1 N–H and O–H groups in total. The minimum Gasteiger partial charge on any atom is -0.481 e. The van der Waals surface area contributed by atoms with Crippen molar-refractivity contribution in [3.05, 3.63) is 60.7 Å². The molecule has 0 spiro atoms. The summed E-state index contributed by atoms with van der Waals surface area (Å²) < 4.78 is 21.5. The Hall–Kier alpha value is -1.78. The summed E-state index contributed by atoms with van der Waals surface area (Å²) in [7, 11) is -4.64. The highest BCUT2D eigenvalue weighted by atomic mass is 28.4. The van der Waals surface area contributed by atoms with Crippen LogP contribution in [-0.2, 0) is 18.4 Å². The summed E-state index contributed by atoms with van der Waals surface area (Å²) in [6, 6.07) is 24.9. The van der Waals surface area contributed by atoms with Gasteiger partial charge >= 0.3 is 5.97 Å². The van der Waals surface area contributed by atoms with E-state index in [1.165, 1.54) is 16.8 Å². The largest absolute Gasteiger partial charge is 0.481 e. The standard InChI is InChI=1S/C36H56O5Si2/c1-9-42(10-2,11-3)40-34(31-22-26(31)4)24-28-23-33(27(5)32(39-28)25-35(37)38)41-43(36(6,7)8,29-18-14-12-15-19-29)30-20-16-13-17-21-30/h12-21,26-28,31-34H,9-11,22-25H2,1-8H3,(H,37,38)/t26-,27-,28-,31-,32-,33-,34-/m0/s1. The fraction of sp³-hybridized carbons (Fsp3) is 0.639. The van der Waals surface area contributed by atoms with Crippen LogP contribution in [0.25, 0.3) is 0 Å². The lowest BCUT2D eigenvalue weighted by Gasteiger charge is -2.49. The molecule has 2 fully saturated rings. The van der Waals surface area contributed by atoms with Crippen molar-refractivity contribution in [2.24, 2.45) is 17.8 Å². The molecule has 0 radical (unpaired) electrons. The lowest BCUT2D eigenvalue weighted by molar-refractivity contribution is -0.158. The van der Waals surface area contributed by atoms with Crippen molar-refractivity contribution >= 4 is 33.0 Å². The second-order valence-electron chi connectivity index (χ2n) is 14.3. The van der Waals surface area contributed by atoms with E-state index in [2.05, 4.69) is 116 Å². The molecule has 4 rings (SSSR count). The van der Waals surface area contributed by atoms with Gasteiger partial charge in [-0.2, -0.15) is 0 Å². The first kappa shape index (κ1) is 34.1. The van der Waals surface area contributed by atoms with Crippen LogP contribution in [0.1, 0.15) is 81.1 Å². The smallest absolute Gasteiger partial charge is 0.305 e. The lowest BCUT2D eigenvalue weighted by Crippen LogP contribution is -2.69. The Morgan fingerprint density at radius 3 is 1.86 bits per heavy atom. The molecule has 1 aliphatic heterocycles. The maximum Gasteiger partial charge on any atom is 0.305 e. The fourth-order valence-electron chi connectivity index (χ4n) is 7.53. The van der Waals surface area contributed by atoms with Crippen LogP contribution in [0.15, 0.2) is 60.7 Å². The SMILES string of the molecule is CC[Si](CC)(CC)O[C@@H](C[C@@H]1C[C@H](O[Si](c2ccccc2)(c2ccccc2)C(C)(C)C)[C@@H](C)[C@H](CC(=O)O)O1)[C@H]1C[C@@H]1C. The van der Waals surface area contributed by atoms with E-state index >= 15 is 0 Å². The van der Waals surface area contributed by atoms with Gasteiger partial charge in [0.25, 0.3) is 8.32 Å². The molecule has 1 saturated carbocycles. The summed E-state index contributed by atoms with van der Waals surface area (Å²) in [6.45, 7) is 18.3. The van der Waals surface area contributed by atoms with Crippen molar-refractivity contribution in [1.29, 1.82) is 0 Å². The molecule has 0 unspecified atom stereocenters. The van der Waals surface area contributed by atoms with E-state index in [9.17, 15) is 9.90 Å². The number of hydrogen-bond acceptors (Lipinski definition) is 4. The molecule has 0 bridgehead atoms. The van der Waals surface area contributed by atoms with Gasteiger partial charge < -0.3 is 18.7 Å². The number of ether oxygens (including phenoxy) is 1. The number of aliphatic carboxylic acids is 1. The van der Waals surface area contributed by atoms with Crippen LogP contribution < -0.4 is 10.4 Å². The molecular formula is C36H56O5Si2. The zero-order valence-corrected chi connectivity index (χ0v) is 29.8. The molecule has 1 saturated heterocycles. The number of carboxylic acids is 1. The number of rotatable bonds is 14. The predicted octanol–water partition coefficient (Wildman–Crippen LogP) is 7.64. The molecular weight excluding hydrogens is 569 g/mol. The molecule has 2 aromatic rings. The third-order valence-corrected chi connectivity index (χ3v) is 20.4. The molecule has 238 valence electrons. The topological polar surface area (TPSA) is 65.0 Å². The third-order valence-electron chi connectivity index (χ3n) is 10.6. The highest BCUT2D eigenvalue weighted by molar-refractivity contribution is 6.99. The van der Waals surface area contributed by atoms with Crippen LogP contribution in [0.3, 0.4) is 0 Å². The van der Waals surface area contributed by atoms with Crippen LogP contribution in [-0.4, -0.2) is 52.1 Å². The summed E-state index contributed by atoms with van der Waals surface area (Å²) >= 11 is 0. The second kappa shape index (κ2) is 14.1. The Kier molecular flexibility index (Phi) is 11.2. The van der Waals surface area contributed by atoms with Gasteiger partial charge in [-0.1, -0.05) is 116 Å². The van der Waals surface area contributed by atoms with Gasteiger partial charge in [-0.15, -0.1) is 0 Å².